The second-order valence-electron chi connectivity index (χ2n) is 3.78. The monoisotopic (exact) mass is 250 g/mol. The summed E-state index contributed by atoms with van der Waals surface area (Å²) < 4.78 is 7.25. The van der Waals surface area contributed by atoms with Gasteiger partial charge >= 0.3 is 0 Å². The summed E-state index contributed by atoms with van der Waals surface area (Å²) >= 11 is 1.57. The Morgan fingerprint density at radius 2 is 2.53 bits per heavy atom. The zero-order chi connectivity index (χ0) is 12.3. The molecular formula is C11H14N4OS. The van der Waals surface area contributed by atoms with Gasteiger partial charge in [-0.1, -0.05) is 0 Å². The van der Waals surface area contributed by atoms with Crippen molar-refractivity contribution in [1.29, 1.82) is 5.26 Å². The predicted octanol–water partition coefficient (Wildman–Crippen LogP) is 1.65. The SMILES string of the molecule is COc1nc2sccn2c1CNCC(C)C#N. The molecule has 2 heterocycles. The molecule has 0 aliphatic carbocycles. The van der Waals surface area contributed by atoms with Crippen LogP contribution >= 0.6 is 11.3 Å². The van der Waals surface area contributed by atoms with Gasteiger partial charge in [0.05, 0.1) is 19.1 Å². The molecule has 1 atom stereocenters. The van der Waals surface area contributed by atoms with Crippen molar-refractivity contribution in [2.24, 2.45) is 5.92 Å². The summed E-state index contributed by atoms with van der Waals surface area (Å²) in [4.78, 5) is 5.29. The minimum atomic E-state index is 0.00637. The van der Waals surface area contributed by atoms with Crippen LogP contribution in [-0.4, -0.2) is 23.0 Å². The van der Waals surface area contributed by atoms with Crippen LogP contribution in [-0.2, 0) is 6.54 Å². The molecule has 0 saturated carbocycles. The van der Waals surface area contributed by atoms with E-state index >= 15 is 0 Å². The number of hydrogen-bond donors (Lipinski definition) is 1. The number of nitrogens with one attached hydrogen (secondary N) is 1. The summed E-state index contributed by atoms with van der Waals surface area (Å²) in [6.07, 6.45) is 1.97. The first-order valence-corrected chi connectivity index (χ1v) is 6.23. The topological polar surface area (TPSA) is 62.4 Å². The van der Waals surface area contributed by atoms with Gasteiger partial charge in [-0.05, 0) is 6.92 Å². The minimum Gasteiger partial charge on any atom is -0.480 e. The van der Waals surface area contributed by atoms with Crippen molar-refractivity contribution in [3.63, 3.8) is 0 Å². The number of imidazole rings is 1. The van der Waals surface area contributed by atoms with Gasteiger partial charge in [0.15, 0.2) is 4.96 Å². The van der Waals surface area contributed by atoms with E-state index in [0.29, 0.717) is 19.0 Å². The summed E-state index contributed by atoms with van der Waals surface area (Å²) in [5.74, 6) is 0.654. The van der Waals surface area contributed by atoms with Crippen molar-refractivity contribution in [2.45, 2.75) is 13.5 Å². The zero-order valence-corrected chi connectivity index (χ0v) is 10.6. The molecule has 1 N–H and O–H groups in total. The van der Waals surface area contributed by atoms with E-state index in [-0.39, 0.29) is 5.92 Å². The van der Waals surface area contributed by atoms with Crippen LogP contribution in [0.15, 0.2) is 11.6 Å². The Balaban J connectivity index is 2.11. The van der Waals surface area contributed by atoms with E-state index in [0.717, 1.165) is 10.7 Å². The van der Waals surface area contributed by atoms with Crippen LogP contribution in [0.4, 0.5) is 0 Å². The summed E-state index contributed by atoms with van der Waals surface area (Å²) in [6, 6.07) is 2.19. The van der Waals surface area contributed by atoms with Crippen LogP contribution in [0.3, 0.4) is 0 Å². The number of nitriles is 1. The maximum absolute atomic E-state index is 8.70. The average Bonchev–Trinajstić information content (AvgIpc) is 2.90. The van der Waals surface area contributed by atoms with Crippen molar-refractivity contribution in [2.75, 3.05) is 13.7 Å². The number of rotatable bonds is 5. The third kappa shape index (κ3) is 2.40. The molecule has 6 heteroatoms. The Labute approximate surface area is 104 Å². The van der Waals surface area contributed by atoms with E-state index in [2.05, 4.69) is 16.4 Å². The van der Waals surface area contributed by atoms with Crippen LogP contribution < -0.4 is 10.1 Å². The van der Waals surface area contributed by atoms with Gasteiger partial charge in [-0.15, -0.1) is 11.3 Å². The number of fused-ring (bicyclic) bond motifs is 1. The Kier molecular flexibility index (Phi) is 3.61. The summed E-state index contributed by atoms with van der Waals surface area (Å²) in [7, 11) is 1.62. The standard InChI is InChI=1S/C11H14N4OS/c1-8(5-12)6-13-7-9-10(16-2)14-11-15(9)3-4-17-11/h3-4,8,13H,6-7H2,1-2H3. The highest BCUT2D eigenvalue weighted by Gasteiger charge is 2.13. The molecule has 0 fully saturated rings. The van der Waals surface area contributed by atoms with Gasteiger partial charge in [-0.3, -0.25) is 4.40 Å². The molecule has 0 amide bonds. The fraction of sp³-hybridized carbons (Fsp3) is 0.455. The molecule has 0 spiro atoms. The van der Waals surface area contributed by atoms with Gasteiger partial charge < -0.3 is 10.1 Å². The molecule has 5 nitrogen and oxygen atoms in total. The molecule has 1 unspecified atom stereocenters. The van der Waals surface area contributed by atoms with E-state index in [1.807, 2.05) is 22.9 Å². The maximum atomic E-state index is 8.70. The largest absolute Gasteiger partial charge is 0.480 e. The zero-order valence-electron chi connectivity index (χ0n) is 9.80. The first-order chi connectivity index (χ1) is 8.26. The van der Waals surface area contributed by atoms with Gasteiger partial charge in [-0.25, -0.2) is 0 Å². The average molecular weight is 250 g/mol. The maximum Gasteiger partial charge on any atom is 0.237 e. The lowest BCUT2D eigenvalue weighted by Gasteiger charge is -2.06. The minimum absolute atomic E-state index is 0.00637. The molecule has 0 aliphatic rings. The number of methoxy groups -OCH3 is 1. The highest BCUT2D eigenvalue weighted by molar-refractivity contribution is 7.15. The molecule has 2 aromatic rings. The molecule has 2 aromatic heterocycles. The molecule has 0 radical (unpaired) electrons. The number of hydrogen-bond acceptors (Lipinski definition) is 5. The molecular weight excluding hydrogens is 236 g/mol. The Bertz CT molecular complexity index is 539. The predicted molar refractivity (Wildman–Crippen MR) is 66.1 cm³/mol. The number of thiazole rings is 1. The number of ether oxygens (including phenoxy) is 1. The Hall–Kier alpha value is -1.58. The van der Waals surface area contributed by atoms with E-state index < -0.39 is 0 Å². The fourth-order valence-electron chi connectivity index (χ4n) is 1.59. The molecule has 0 bridgehead atoms. The van der Waals surface area contributed by atoms with Crippen LogP contribution in [0.2, 0.25) is 0 Å². The van der Waals surface area contributed by atoms with Crippen LogP contribution in [0, 0.1) is 17.2 Å². The third-order valence-electron chi connectivity index (χ3n) is 2.48. The summed E-state index contributed by atoms with van der Waals surface area (Å²) in [5.41, 5.74) is 0.994. The summed E-state index contributed by atoms with van der Waals surface area (Å²) in [6.45, 7) is 3.20. The van der Waals surface area contributed by atoms with Crippen molar-refractivity contribution in [3.8, 4) is 11.9 Å². The highest BCUT2D eigenvalue weighted by atomic mass is 32.1. The van der Waals surface area contributed by atoms with E-state index in [1.165, 1.54) is 0 Å². The second kappa shape index (κ2) is 5.17. The Morgan fingerprint density at radius 3 is 3.24 bits per heavy atom. The molecule has 0 aromatic carbocycles. The lowest BCUT2D eigenvalue weighted by molar-refractivity contribution is 0.392. The van der Waals surface area contributed by atoms with Crippen LogP contribution in [0.1, 0.15) is 12.6 Å². The first kappa shape index (κ1) is 11.9. The highest BCUT2D eigenvalue weighted by Crippen LogP contribution is 2.22. The van der Waals surface area contributed by atoms with Gasteiger partial charge in [0, 0.05) is 24.7 Å². The van der Waals surface area contributed by atoms with Crippen LogP contribution in [0.5, 0.6) is 5.88 Å². The second-order valence-corrected chi connectivity index (χ2v) is 4.66. The molecule has 0 saturated heterocycles. The number of aromatic nitrogens is 2. The van der Waals surface area contributed by atoms with Crippen molar-refractivity contribution >= 4 is 16.3 Å². The lowest BCUT2D eigenvalue weighted by Crippen LogP contribution is -2.20. The van der Waals surface area contributed by atoms with Crippen molar-refractivity contribution < 1.29 is 4.74 Å². The molecule has 17 heavy (non-hydrogen) atoms. The Morgan fingerprint density at radius 1 is 1.71 bits per heavy atom. The summed E-state index contributed by atoms with van der Waals surface area (Å²) in [5, 5.41) is 13.9. The van der Waals surface area contributed by atoms with Crippen LogP contribution in [0.25, 0.3) is 4.96 Å². The fourth-order valence-corrected chi connectivity index (χ4v) is 2.31. The van der Waals surface area contributed by atoms with E-state index in [9.17, 15) is 0 Å². The van der Waals surface area contributed by atoms with E-state index in [4.69, 9.17) is 10.00 Å². The quantitative estimate of drug-likeness (QED) is 0.876. The van der Waals surface area contributed by atoms with E-state index in [1.54, 1.807) is 18.4 Å². The van der Waals surface area contributed by atoms with Gasteiger partial charge in [0.25, 0.3) is 0 Å². The van der Waals surface area contributed by atoms with Crippen molar-refractivity contribution in [1.82, 2.24) is 14.7 Å². The number of nitrogens with zero attached hydrogens (tertiary/aromatic N) is 3. The molecule has 2 rings (SSSR count). The third-order valence-corrected chi connectivity index (χ3v) is 3.24. The molecule has 0 aliphatic heterocycles. The van der Waals surface area contributed by atoms with Gasteiger partial charge in [-0.2, -0.15) is 10.2 Å². The first-order valence-electron chi connectivity index (χ1n) is 5.35. The van der Waals surface area contributed by atoms with Gasteiger partial charge in [0.1, 0.15) is 5.69 Å². The van der Waals surface area contributed by atoms with Gasteiger partial charge in [0.2, 0.25) is 5.88 Å². The van der Waals surface area contributed by atoms with Crippen molar-refractivity contribution in [3.05, 3.63) is 17.3 Å². The lowest BCUT2D eigenvalue weighted by atomic mass is 10.2. The normalized spacial score (nSPS) is 12.5. The smallest absolute Gasteiger partial charge is 0.237 e. The molecule has 90 valence electrons.